The van der Waals surface area contributed by atoms with Crippen LogP contribution in [0.4, 0.5) is 10.1 Å². The van der Waals surface area contributed by atoms with E-state index in [9.17, 15) is 18.8 Å². The van der Waals surface area contributed by atoms with Gasteiger partial charge >= 0.3 is 0 Å². The summed E-state index contributed by atoms with van der Waals surface area (Å²) in [5.41, 5.74) is 1.47. The topological polar surface area (TPSA) is 69.7 Å². The lowest BCUT2D eigenvalue weighted by Crippen LogP contribution is -2.39. The Hall–Kier alpha value is -3.22. The Morgan fingerprint density at radius 3 is 2.50 bits per heavy atom. The third-order valence-corrected chi connectivity index (χ3v) is 4.66. The number of carbonyl (C=O) groups excluding carboxylic acids is 3. The molecule has 3 amide bonds. The number of benzene rings is 2. The van der Waals surface area contributed by atoms with Crippen molar-refractivity contribution in [1.29, 1.82) is 0 Å². The molecule has 7 heteroatoms. The van der Waals surface area contributed by atoms with Gasteiger partial charge in [-0.15, -0.1) is 0 Å². The molecule has 1 saturated heterocycles. The highest BCUT2D eigenvalue weighted by Gasteiger charge is 2.35. The van der Waals surface area contributed by atoms with Gasteiger partial charge in [0.05, 0.1) is 12.5 Å². The molecule has 0 unspecified atom stereocenters. The predicted molar refractivity (Wildman–Crippen MR) is 103 cm³/mol. The van der Waals surface area contributed by atoms with Crippen LogP contribution >= 0.6 is 0 Å². The lowest BCUT2D eigenvalue weighted by molar-refractivity contribution is -0.137. The minimum atomic E-state index is -0.458. The third kappa shape index (κ3) is 4.94. The summed E-state index contributed by atoms with van der Waals surface area (Å²) >= 11 is 0. The van der Waals surface area contributed by atoms with Crippen molar-refractivity contribution in [1.82, 2.24) is 9.80 Å². The maximum atomic E-state index is 12.9. The summed E-state index contributed by atoms with van der Waals surface area (Å²) in [4.78, 5) is 40.0. The van der Waals surface area contributed by atoms with E-state index >= 15 is 0 Å². The lowest BCUT2D eigenvalue weighted by atomic mass is 10.1. The average molecular weight is 383 g/mol. The van der Waals surface area contributed by atoms with Crippen LogP contribution in [0.15, 0.2) is 54.6 Å². The zero-order valence-corrected chi connectivity index (χ0v) is 15.6. The highest BCUT2D eigenvalue weighted by Crippen LogP contribution is 2.22. The summed E-state index contributed by atoms with van der Waals surface area (Å²) in [6.45, 7) is 0.675. The summed E-state index contributed by atoms with van der Waals surface area (Å²) in [6.07, 6.45) is 0.148. The van der Waals surface area contributed by atoms with Crippen LogP contribution in [-0.4, -0.2) is 47.7 Å². The number of amides is 3. The number of nitrogens with one attached hydrogen (secondary N) is 1. The van der Waals surface area contributed by atoms with Gasteiger partial charge in [-0.3, -0.25) is 14.4 Å². The number of hydrogen-bond acceptors (Lipinski definition) is 3. The standard InChI is InChI=1S/C21H22FN3O3/c1-24(14-19(26)23-18-9-7-17(22)8-10-18)21(28)16-11-20(27)25(13-16)12-15-5-3-2-4-6-15/h2-10,16H,11-14H2,1H3,(H,23,26)/t16-/m0/s1. The molecule has 0 aliphatic carbocycles. The number of halogens is 1. The molecule has 6 nitrogen and oxygen atoms in total. The van der Waals surface area contributed by atoms with Crippen LogP contribution < -0.4 is 5.32 Å². The fourth-order valence-corrected chi connectivity index (χ4v) is 3.23. The van der Waals surface area contributed by atoms with Gasteiger partial charge in [-0.1, -0.05) is 30.3 Å². The van der Waals surface area contributed by atoms with Gasteiger partial charge in [0.1, 0.15) is 5.82 Å². The van der Waals surface area contributed by atoms with E-state index < -0.39 is 11.7 Å². The van der Waals surface area contributed by atoms with Crippen LogP contribution in [0.2, 0.25) is 0 Å². The molecule has 1 aliphatic heterocycles. The van der Waals surface area contributed by atoms with Gasteiger partial charge < -0.3 is 15.1 Å². The van der Waals surface area contributed by atoms with Crippen molar-refractivity contribution in [3.8, 4) is 0 Å². The molecular formula is C21H22FN3O3. The van der Waals surface area contributed by atoms with E-state index in [1.54, 1.807) is 4.90 Å². The molecular weight excluding hydrogens is 361 g/mol. The normalized spacial score (nSPS) is 16.1. The average Bonchev–Trinajstić information content (AvgIpc) is 3.04. The Labute approximate surface area is 162 Å². The number of hydrogen-bond donors (Lipinski definition) is 1. The van der Waals surface area contributed by atoms with E-state index in [-0.39, 0.29) is 30.7 Å². The minimum absolute atomic E-state index is 0.0635. The quantitative estimate of drug-likeness (QED) is 0.832. The Morgan fingerprint density at radius 2 is 1.82 bits per heavy atom. The smallest absolute Gasteiger partial charge is 0.243 e. The second kappa shape index (κ2) is 8.65. The summed E-state index contributed by atoms with van der Waals surface area (Å²) in [5.74, 6) is -1.53. The molecule has 0 bridgehead atoms. The van der Waals surface area contributed by atoms with E-state index in [4.69, 9.17) is 0 Å². The Morgan fingerprint density at radius 1 is 1.14 bits per heavy atom. The molecule has 0 saturated carbocycles. The molecule has 28 heavy (non-hydrogen) atoms. The first-order valence-electron chi connectivity index (χ1n) is 9.04. The summed E-state index contributed by atoms with van der Waals surface area (Å²) in [7, 11) is 1.54. The zero-order chi connectivity index (χ0) is 20.1. The van der Waals surface area contributed by atoms with E-state index in [1.807, 2.05) is 30.3 Å². The van der Waals surface area contributed by atoms with Crippen molar-refractivity contribution in [3.63, 3.8) is 0 Å². The minimum Gasteiger partial charge on any atom is -0.338 e. The molecule has 1 aliphatic rings. The number of likely N-dealkylation sites (N-methyl/N-ethyl adjacent to an activating group) is 1. The van der Waals surface area contributed by atoms with Crippen LogP contribution in [0.5, 0.6) is 0 Å². The van der Waals surface area contributed by atoms with Crippen LogP contribution in [0.1, 0.15) is 12.0 Å². The molecule has 2 aromatic carbocycles. The van der Waals surface area contributed by atoms with Crippen LogP contribution in [0.25, 0.3) is 0 Å². The highest BCUT2D eigenvalue weighted by molar-refractivity contribution is 5.96. The van der Waals surface area contributed by atoms with Crippen LogP contribution in [-0.2, 0) is 20.9 Å². The summed E-state index contributed by atoms with van der Waals surface area (Å²) < 4.78 is 12.9. The number of nitrogens with zero attached hydrogens (tertiary/aromatic N) is 2. The Kier molecular flexibility index (Phi) is 6.03. The molecule has 2 aromatic rings. The van der Waals surface area contributed by atoms with Crippen molar-refractivity contribution in [2.24, 2.45) is 5.92 Å². The predicted octanol–water partition coefficient (Wildman–Crippen LogP) is 2.27. The molecule has 1 fully saturated rings. The van der Waals surface area contributed by atoms with E-state index in [2.05, 4.69) is 5.32 Å². The van der Waals surface area contributed by atoms with E-state index in [0.29, 0.717) is 18.8 Å². The molecule has 0 aromatic heterocycles. The summed E-state index contributed by atoms with van der Waals surface area (Å²) in [5, 5.41) is 2.62. The van der Waals surface area contributed by atoms with Crippen molar-refractivity contribution < 1.29 is 18.8 Å². The number of likely N-dealkylation sites (tertiary alicyclic amines) is 1. The van der Waals surface area contributed by atoms with Gasteiger partial charge in [0.25, 0.3) is 0 Å². The van der Waals surface area contributed by atoms with E-state index in [1.165, 1.54) is 36.2 Å². The maximum Gasteiger partial charge on any atom is 0.243 e. The van der Waals surface area contributed by atoms with Crippen LogP contribution in [0, 0.1) is 11.7 Å². The number of rotatable bonds is 6. The molecule has 1 atom stereocenters. The Balaban J connectivity index is 1.52. The van der Waals surface area contributed by atoms with Crippen molar-refractivity contribution >= 4 is 23.4 Å². The highest BCUT2D eigenvalue weighted by atomic mass is 19.1. The van der Waals surface area contributed by atoms with Crippen molar-refractivity contribution in [3.05, 3.63) is 66.0 Å². The third-order valence-electron chi connectivity index (χ3n) is 4.66. The van der Waals surface area contributed by atoms with Crippen molar-refractivity contribution in [2.75, 3.05) is 25.5 Å². The number of anilines is 1. The lowest BCUT2D eigenvalue weighted by Gasteiger charge is -2.21. The fraction of sp³-hybridized carbons (Fsp3) is 0.286. The Bertz CT molecular complexity index is 855. The van der Waals surface area contributed by atoms with Gasteiger partial charge in [0.2, 0.25) is 17.7 Å². The van der Waals surface area contributed by atoms with Crippen molar-refractivity contribution in [2.45, 2.75) is 13.0 Å². The van der Waals surface area contributed by atoms with Gasteiger partial charge in [-0.25, -0.2) is 4.39 Å². The second-order valence-corrected chi connectivity index (χ2v) is 6.91. The molecule has 0 radical (unpaired) electrons. The monoisotopic (exact) mass is 383 g/mol. The zero-order valence-electron chi connectivity index (χ0n) is 15.6. The first kappa shape index (κ1) is 19.5. The van der Waals surface area contributed by atoms with Gasteiger partial charge in [0, 0.05) is 32.2 Å². The SMILES string of the molecule is CN(CC(=O)Nc1ccc(F)cc1)C(=O)[C@H]1CC(=O)N(Cc2ccccc2)C1. The van der Waals surface area contributed by atoms with Gasteiger partial charge in [0.15, 0.2) is 0 Å². The largest absolute Gasteiger partial charge is 0.338 e. The number of carbonyl (C=O) groups is 3. The second-order valence-electron chi connectivity index (χ2n) is 6.91. The maximum absolute atomic E-state index is 12.9. The van der Waals surface area contributed by atoms with Gasteiger partial charge in [-0.2, -0.15) is 0 Å². The van der Waals surface area contributed by atoms with Gasteiger partial charge in [-0.05, 0) is 29.8 Å². The fourth-order valence-electron chi connectivity index (χ4n) is 3.23. The molecule has 3 rings (SSSR count). The first-order chi connectivity index (χ1) is 13.4. The molecule has 1 heterocycles. The molecule has 0 spiro atoms. The van der Waals surface area contributed by atoms with E-state index in [0.717, 1.165) is 5.56 Å². The summed E-state index contributed by atoms with van der Waals surface area (Å²) in [6, 6.07) is 15.0. The van der Waals surface area contributed by atoms with Crippen LogP contribution in [0.3, 0.4) is 0 Å². The molecule has 146 valence electrons. The molecule has 1 N–H and O–H groups in total. The first-order valence-corrected chi connectivity index (χ1v) is 9.04.